The largest absolute Gasteiger partial charge is 0.508 e. The summed E-state index contributed by atoms with van der Waals surface area (Å²) < 4.78 is 19.0. The number of likely N-dealkylation sites (N-methyl/N-ethyl adjacent to an activating group) is 1. The number of carbonyl (C=O) groups is 3. The number of hydrogen-bond acceptors (Lipinski definition) is 5. The Bertz CT molecular complexity index is 776. The second-order valence-corrected chi connectivity index (χ2v) is 8.60. The molecule has 0 spiro atoms. The molecule has 9 heteroatoms. The number of likely N-dealkylation sites (tertiary alicyclic amines) is 1. The van der Waals surface area contributed by atoms with Gasteiger partial charge < -0.3 is 25.0 Å². The summed E-state index contributed by atoms with van der Waals surface area (Å²) in [5.41, 5.74) is -0.383. The Morgan fingerprint density at radius 2 is 1.83 bits per heavy atom. The topological polar surface area (TPSA) is 99.2 Å². The molecule has 1 saturated heterocycles. The number of aromatic hydroxyl groups is 1. The first kappa shape index (κ1) is 23.4. The molecule has 3 atom stereocenters. The summed E-state index contributed by atoms with van der Waals surface area (Å²) in [4.78, 5) is 41.4. The number of amides is 3. The van der Waals surface area contributed by atoms with Crippen LogP contribution in [0.4, 0.5) is 9.18 Å². The van der Waals surface area contributed by atoms with Crippen molar-refractivity contribution >= 4 is 17.9 Å². The lowest BCUT2D eigenvalue weighted by molar-refractivity contribution is -0.139. The van der Waals surface area contributed by atoms with E-state index in [0.717, 1.165) is 0 Å². The van der Waals surface area contributed by atoms with Gasteiger partial charge in [-0.15, -0.1) is 0 Å². The van der Waals surface area contributed by atoms with Crippen LogP contribution in [0.25, 0.3) is 0 Å². The minimum Gasteiger partial charge on any atom is -0.508 e. The molecule has 8 nitrogen and oxygen atoms in total. The molecule has 0 unspecified atom stereocenters. The molecule has 3 amide bonds. The van der Waals surface area contributed by atoms with Crippen molar-refractivity contribution in [2.45, 2.75) is 50.9 Å². The SMILES string of the molecule is CN(C)C(=O)[C@@H](c1ccc(O)cc1)[C@H](NC(=O)OC(C)(C)C)C(=O)N1CC[C@H](F)C1. The lowest BCUT2D eigenvalue weighted by atomic mass is 9.89. The highest BCUT2D eigenvalue weighted by Crippen LogP contribution is 2.27. The van der Waals surface area contributed by atoms with Gasteiger partial charge in [-0.2, -0.15) is 0 Å². The summed E-state index contributed by atoms with van der Waals surface area (Å²) >= 11 is 0. The first-order valence-corrected chi connectivity index (χ1v) is 9.81. The summed E-state index contributed by atoms with van der Waals surface area (Å²) in [5, 5.41) is 12.1. The summed E-state index contributed by atoms with van der Waals surface area (Å²) in [5.74, 6) is -2.07. The molecule has 1 heterocycles. The molecule has 1 aliphatic rings. The van der Waals surface area contributed by atoms with Crippen LogP contribution in [0.5, 0.6) is 5.75 Å². The van der Waals surface area contributed by atoms with Gasteiger partial charge in [0.05, 0.1) is 12.5 Å². The molecule has 1 fully saturated rings. The van der Waals surface area contributed by atoms with Gasteiger partial charge in [-0.1, -0.05) is 12.1 Å². The zero-order valence-corrected chi connectivity index (χ0v) is 18.0. The molecule has 0 aromatic heterocycles. The third kappa shape index (κ3) is 6.08. The molecule has 0 bridgehead atoms. The maximum atomic E-state index is 13.7. The van der Waals surface area contributed by atoms with Gasteiger partial charge in [0, 0.05) is 20.6 Å². The number of alkyl carbamates (subject to hydrolysis) is 1. The van der Waals surface area contributed by atoms with Crippen molar-refractivity contribution in [2.24, 2.45) is 0 Å². The van der Waals surface area contributed by atoms with Crippen molar-refractivity contribution < 1.29 is 28.6 Å². The molecule has 0 radical (unpaired) electrons. The van der Waals surface area contributed by atoms with E-state index in [1.807, 2.05) is 0 Å². The number of alkyl halides is 1. The number of phenolic OH excluding ortho intramolecular Hbond substituents is 1. The fraction of sp³-hybridized carbons (Fsp3) is 0.571. The monoisotopic (exact) mass is 423 g/mol. The molecule has 1 aromatic rings. The minimum atomic E-state index is -1.30. The van der Waals surface area contributed by atoms with Crippen LogP contribution in [0.3, 0.4) is 0 Å². The highest BCUT2D eigenvalue weighted by Gasteiger charge is 2.41. The number of halogens is 1. The number of carbonyl (C=O) groups excluding carboxylic acids is 3. The Morgan fingerprint density at radius 3 is 2.30 bits per heavy atom. The Kier molecular flexibility index (Phi) is 7.28. The van der Waals surface area contributed by atoms with Crippen molar-refractivity contribution in [1.82, 2.24) is 15.1 Å². The van der Waals surface area contributed by atoms with E-state index in [1.54, 1.807) is 20.8 Å². The molecule has 1 aromatic carbocycles. The standard InChI is InChI=1S/C21H30FN3O5/c1-21(2,3)30-20(29)23-17(19(28)25-11-10-14(22)12-25)16(18(27)24(4)5)13-6-8-15(26)9-7-13/h6-9,14,16-17,26H,10-12H2,1-5H3,(H,23,29)/t14-,16-,17-/m0/s1. The number of nitrogens with zero attached hydrogens (tertiary/aromatic N) is 2. The molecule has 2 N–H and O–H groups in total. The van der Waals surface area contributed by atoms with Crippen molar-refractivity contribution in [3.63, 3.8) is 0 Å². The number of ether oxygens (including phenoxy) is 1. The zero-order chi connectivity index (χ0) is 22.6. The van der Waals surface area contributed by atoms with E-state index in [-0.39, 0.29) is 25.3 Å². The van der Waals surface area contributed by atoms with Gasteiger partial charge in [0.2, 0.25) is 11.8 Å². The first-order chi connectivity index (χ1) is 13.9. The summed E-state index contributed by atoms with van der Waals surface area (Å²) in [6.45, 7) is 5.15. The van der Waals surface area contributed by atoms with Crippen molar-refractivity contribution in [3.05, 3.63) is 29.8 Å². The van der Waals surface area contributed by atoms with Crippen LogP contribution < -0.4 is 5.32 Å². The second-order valence-electron chi connectivity index (χ2n) is 8.60. The van der Waals surface area contributed by atoms with Crippen LogP contribution in [-0.2, 0) is 14.3 Å². The van der Waals surface area contributed by atoms with Crippen LogP contribution >= 0.6 is 0 Å². The predicted molar refractivity (Wildman–Crippen MR) is 109 cm³/mol. The summed E-state index contributed by atoms with van der Waals surface area (Å²) in [6.07, 6.45) is -1.80. The van der Waals surface area contributed by atoms with Gasteiger partial charge in [-0.25, -0.2) is 9.18 Å². The average Bonchev–Trinajstić information content (AvgIpc) is 3.06. The Balaban J connectivity index is 2.45. The summed E-state index contributed by atoms with van der Waals surface area (Å²) in [7, 11) is 3.08. The second kappa shape index (κ2) is 9.32. The highest BCUT2D eigenvalue weighted by molar-refractivity contribution is 5.95. The van der Waals surface area contributed by atoms with Crippen LogP contribution in [0, 0.1) is 0 Å². The fourth-order valence-corrected chi connectivity index (χ4v) is 3.27. The van der Waals surface area contributed by atoms with E-state index in [4.69, 9.17) is 4.74 Å². The zero-order valence-electron chi connectivity index (χ0n) is 18.0. The maximum absolute atomic E-state index is 13.7. The van der Waals surface area contributed by atoms with Gasteiger partial charge in [0.25, 0.3) is 0 Å². The third-order valence-electron chi connectivity index (χ3n) is 4.67. The fourth-order valence-electron chi connectivity index (χ4n) is 3.27. The average molecular weight is 423 g/mol. The van der Waals surface area contributed by atoms with Gasteiger partial charge in [-0.05, 0) is 44.9 Å². The van der Waals surface area contributed by atoms with Crippen molar-refractivity contribution in [2.75, 3.05) is 27.2 Å². The van der Waals surface area contributed by atoms with E-state index in [2.05, 4.69) is 5.32 Å². The molecule has 0 aliphatic carbocycles. The number of phenols is 1. The van der Waals surface area contributed by atoms with E-state index < -0.39 is 41.6 Å². The summed E-state index contributed by atoms with van der Waals surface area (Å²) in [6, 6.07) is 4.52. The normalized spacial score (nSPS) is 18.5. The van der Waals surface area contributed by atoms with Gasteiger partial charge in [-0.3, -0.25) is 9.59 Å². The number of benzene rings is 1. The highest BCUT2D eigenvalue weighted by atomic mass is 19.1. The Morgan fingerprint density at radius 1 is 1.23 bits per heavy atom. The quantitative estimate of drug-likeness (QED) is 0.755. The maximum Gasteiger partial charge on any atom is 0.408 e. The van der Waals surface area contributed by atoms with Crippen LogP contribution in [0.2, 0.25) is 0 Å². The van der Waals surface area contributed by atoms with E-state index in [9.17, 15) is 23.9 Å². The molecule has 2 rings (SSSR count). The number of hydrogen-bond donors (Lipinski definition) is 2. The first-order valence-electron chi connectivity index (χ1n) is 9.81. The minimum absolute atomic E-state index is 0.00223. The molecule has 166 valence electrons. The molecule has 0 saturated carbocycles. The van der Waals surface area contributed by atoms with E-state index >= 15 is 0 Å². The van der Waals surface area contributed by atoms with E-state index in [0.29, 0.717) is 5.56 Å². The molecule has 30 heavy (non-hydrogen) atoms. The lowest BCUT2D eigenvalue weighted by Gasteiger charge is -2.32. The van der Waals surface area contributed by atoms with Crippen molar-refractivity contribution in [3.8, 4) is 5.75 Å². The molecular formula is C21H30FN3O5. The van der Waals surface area contributed by atoms with Gasteiger partial charge in [0.1, 0.15) is 23.6 Å². The third-order valence-corrected chi connectivity index (χ3v) is 4.67. The Labute approximate surface area is 176 Å². The van der Waals surface area contributed by atoms with E-state index in [1.165, 1.54) is 48.2 Å². The van der Waals surface area contributed by atoms with Gasteiger partial charge >= 0.3 is 6.09 Å². The van der Waals surface area contributed by atoms with Crippen LogP contribution in [0.1, 0.15) is 38.7 Å². The number of rotatable bonds is 5. The lowest BCUT2D eigenvalue weighted by Crippen LogP contribution is -2.55. The number of nitrogens with one attached hydrogen (secondary N) is 1. The van der Waals surface area contributed by atoms with Crippen LogP contribution in [-0.4, -0.2) is 77.8 Å². The van der Waals surface area contributed by atoms with Gasteiger partial charge in [0.15, 0.2) is 0 Å². The Hall–Kier alpha value is -2.84. The molecular weight excluding hydrogens is 393 g/mol. The van der Waals surface area contributed by atoms with Crippen molar-refractivity contribution in [1.29, 1.82) is 0 Å². The molecule has 1 aliphatic heterocycles. The predicted octanol–water partition coefficient (Wildman–Crippen LogP) is 2.03. The smallest absolute Gasteiger partial charge is 0.408 e. The van der Waals surface area contributed by atoms with Crippen LogP contribution in [0.15, 0.2) is 24.3 Å².